The average Bonchev–Trinajstić information content (AvgIpc) is 3.20. The third-order valence-corrected chi connectivity index (χ3v) is 6.17. The summed E-state index contributed by atoms with van der Waals surface area (Å²) in [6, 6.07) is 6.14. The number of fused-ring (bicyclic) bond motifs is 1. The van der Waals surface area contributed by atoms with Gasteiger partial charge in [0.15, 0.2) is 0 Å². The van der Waals surface area contributed by atoms with Crippen LogP contribution in [0.25, 0.3) is 11.0 Å². The number of amides is 2. The second-order valence-corrected chi connectivity index (χ2v) is 7.91. The predicted octanol–water partition coefficient (Wildman–Crippen LogP) is 1.22. The second kappa shape index (κ2) is 8.26. The molecule has 0 saturated carbocycles. The summed E-state index contributed by atoms with van der Waals surface area (Å²) < 4.78 is 0. The molecule has 1 unspecified atom stereocenters. The number of aryl methyl sites for hydroxylation is 1. The summed E-state index contributed by atoms with van der Waals surface area (Å²) in [6.45, 7) is 2.46. The molecule has 0 aliphatic carbocycles. The van der Waals surface area contributed by atoms with E-state index < -0.39 is 0 Å². The highest BCUT2D eigenvalue weighted by Crippen LogP contribution is 2.25. The van der Waals surface area contributed by atoms with E-state index in [4.69, 9.17) is 5.73 Å². The van der Waals surface area contributed by atoms with Gasteiger partial charge in [0.2, 0.25) is 11.8 Å². The van der Waals surface area contributed by atoms with Crippen molar-refractivity contribution in [1.29, 1.82) is 0 Å². The molecule has 4 rings (SSSR count). The third kappa shape index (κ3) is 4.01. The van der Waals surface area contributed by atoms with Crippen LogP contribution >= 0.6 is 0 Å². The van der Waals surface area contributed by atoms with Crippen LogP contribution in [-0.4, -0.2) is 68.7 Å². The zero-order valence-electron chi connectivity index (χ0n) is 16.1. The van der Waals surface area contributed by atoms with Crippen LogP contribution in [-0.2, 0) is 16.0 Å². The molecule has 2 fully saturated rings. The largest absolute Gasteiger partial charge is 0.368 e. The highest BCUT2D eigenvalue weighted by Gasteiger charge is 2.34. The zero-order valence-corrected chi connectivity index (χ0v) is 16.1. The van der Waals surface area contributed by atoms with E-state index in [9.17, 15) is 9.59 Å². The number of carbonyl (C=O) groups is 2. The summed E-state index contributed by atoms with van der Waals surface area (Å²) in [5.74, 6) is -0.00826. The van der Waals surface area contributed by atoms with Crippen molar-refractivity contribution in [2.75, 3.05) is 19.6 Å². The number of aromatic nitrogens is 3. The Morgan fingerprint density at radius 2 is 1.86 bits per heavy atom. The molecule has 3 N–H and O–H groups in total. The van der Waals surface area contributed by atoms with Gasteiger partial charge in [-0.1, -0.05) is 12.5 Å². The molecule has 2 aliphatic rings. The molecular weight excluding hydrogens is 356 g/mol. The van der Waals surface area contributed by atoms with E-state index in [1.165, 1.54) is 0 Å². The number of rotatable bonds is 5. The summed E-state index contributed by atoms with van der Waals surface area (Å²) >= 11 is 0. The lowest BCUT2D eigenvalue weighted by Crippen LogP contribution is -2.55. The van der Waals surface area contributed by atoms with Crippen LogP contribution in [0.15, 0.2) is 18.2 Å². The zero-order chi connectivity index (χ0) is 19.5. The molecule has 28 heavy (non-hydrogen) atoms. The molecule has 1 aromatic heterocycles. The SMILES string of the molecule is NC(=O)C1CCCCN1C1CCN(C(=O)CCc2ccc3n[nH]nc3c2)CC1. The Balaban J connectivity index is 1.28. The lowest BCUT2D eigenvalue weighted by Gasteiger charge is -2.43. The standard InChI is InChI=1S/C20H28N6O2/c21-20(28)18-3-1-2-10-26(18)15-8-11-25(12-9-15)19(27)7-5-14-4-6-16-17(13-14)23-24-22-16/h4,6,13,15,18H,1-3,5,7-12H2,(H2,21,28)(H,22,23,24). The molecular formula is C20H28N6O2. The van der Waals surface area contributed by atoms with Gasteiger partial charge in [0.25, 0.3) is 0 Å². The van der Waals surface area contributed by atoms with E-state index in [1.54, 1.807) is 0 Å². The number of primary amides is 1. The molecule has 2 saturated heterocycles. The van der Waals surface area contributed by atoms with Crippen LogP contribution in [0.4, 0.5) is 0 Å². The summed E-state index contributed by atoms with van der Waals surface area (Å²) in [5, 5.41) is 10.8. The van der Waals surface area contributed by atoms with Gasteiger partial charge in [0.05, 0.1) is 6.04 Å². The lowest BCUT2D eigenvalue weighted by atomic mass is 9.94. The molecule has 0 radical (unpaired) electrons. The Kier molecular flexibility index (Phi) is 5.57. The first-order chi connectivity index (χ1) is 13.6. The Bertz CT molecular complexity index is 842. The van der Waals surface area contributed by atoms with Crippen molar-refractivity contribution < 1.29 is 9.59 Å². The Morgan fingerprint density at radius 1 is 1.07 bits per heavy atom. The number of aromatic amines is 1. The number of H-pyrrole nitrogens is 1. The number of nitrogens with two attached hydrogens (primary N) is 1. The van der Waals surface area contributed by atoms with E-state index in [0.29, 0.717) is 18.9 Å². The van der Waals surface area contributed by atoms with E-state index in [1.807, 2.05) is 23.1 Å². The van der Waals surface area contributed by atoms with Crippen LogP contribution in [0.3, 0.4) is 0 Å². The smallest absolute Gasteiger partial charge is 0.234 e. The number of nitrogens with one attached hydrogen (secondary N) is 1. The van der Waals surface area contributed by atoms with Gasteiger partial charge in [-0.2, -0.15) is 15.4 Å². The summed E-state index contributed by atoms with van der Waals surface area (Å²) in [4.78, 5) is 28.7. The minimum atomic E-state index is -0.206. The van der Waals surface area contributed by atoms with Crippen LogP contribution < -0.4 is 5.73 Å². The van der Waals surface area contributed by atoms with Gasteiger partial charge < -0.3 is 10.6 Å². The van der Waals surface area contributed by atoms with E-state index in [0.717, 1.165) is 68.3 Å². The maximum absolute atomic E-state index is 12.6. The van der Waals surface area contributed by atoms with Gasteiger partial charge in [-0.15, -0.1) is 0 Å². The highest BCUT2D eigenvalue weighted by molar-refractivity contribution is 5.80. The molecule has 0 bridgehead atoms. The van der Waals surface area contributed by atoms with Crippen molar-refractivity contribution in [3.05, 3.63) is 23.8 Å². The van der Waals surface area contributed by atoms with Crippen molar-refractivity contribution in [1.82, 2.24) is 25.2 Å². The first kappa shape index (κ1) is 18.9. The van der Waals surface area contributed by atoms with E-state index in [2.05, 4.69) is 20.3 Å². The Hall–Kier alpha value is -2.48. The van der Waals surface area contributed by atoms with E-state index in [-0.39, 0.29) is 17.9 Å². The minimum Gasteiger partial charge on any atom is -0.368 e. The first-order valence-corrected chi connectivity index (χ1v) is 10.2. The maximum atomic E-state index is 12.6. The van der Waals surface area contributed by atoms with Gasteiger partial charge in [-0.25, -0.2) is 0 Å². The molecule has 2 aromatic rings. The Morgan fingerprint density at radius 3 is 2.64 bits per heavy atom. The van der Waals surface area contributed by atoms with Gasteiger partial charge in [0, 0.05) is 25.6 Å². The van der Waals surface area contributed by atoms with Crippen molar-refractivity contribution >= 4 is 22.8 Å². The molecule has 150 valence electrons. The number of likely N-dealkylation sites (tertiary alicyclic amines) is 2. The number of carbonyl (C=O) groups excluding carboxylic acids is 2. The van der Waals surface area contributed by atoms with E-state index >= 15 is 0 Å². The van der Waals surface area contributed by atoms with Crippen molar-refractivity contribution in [3.63, 3.8) is 0 Å². The summed E-state index contributed by atoms with van der Waals surface area (Å²) in [6.07, 6.45) is 6.10. The number of piperidine rings is 2. The van der Waals surface area contributed by atoms with Gasteiger partial charge in [-0.05, 0) is 56.3 Å². The highest BCUT2D eigenvalue weighted by atomic mass is 16.2. The molecule has 3 heterocycles. The van der Waals surface area contributed by atoms with Crippen LogP contribution in [0.2, 0.25) is 0 Å². The molecule has 1 atom stereocenters. The summed E-state index contributed by atoms with van der Waals surface area (Å²) in [7, 11) is 0. The van der Waals surface area contributed by atoms with Crippen molar-refractivity contribution in [2.24, 2.45) is 5.73 Å². The molecule has 2 aliphatic heterocycles. The van der Waals surface area contributed by atoms with Crippen molar-refractivity contribution in [3.8, 4) is 0 Å². The predicted molar refractivity (Wildman–Crippen MR) is 105 cm³/mol. The number of hydrogen-bond acceptors (Lipinski definition) is 5. The molecule has 1 aromatic carbocycles. The van der Waals surface area contributed by atoms with Crippen LogP contribution in [0, 0.1) is 0 Å². The molecule has 8 heteroatoms. The first-order valence-electron chi connectivity index (χ1n) is 10.2. The normalized spacial score (nSPS) is 21.9. The van der Waals surface area contributed by atoms with Gasteiger partial charge >= 0.3 is 0 Å². The maximum Gasteiger partial charge on any atom is 0.234 e. The molecule has 8 nitrogen and oxygen atoms in total. The number of benzene rings is 1. The number of hydrogen-bond donors (Lipinski definition) is 2. The summed E-state index contributed by atoms with van der Waals surface area (Å²) in [5.41, 5.74) is 8.37. The fourth-order valence-electron chi connectivity index (χ4n) is 4.59. The van der Waals surface area contributed by atoms with Gasteiger partial charge in [0.1, 0.15) is 11.0 Å². The third-order valence-electron chi connectivity index (χ3n) is 6.17. The Labute approximate surface area is 164 Å². The lowest BCUT2D eigenvalue weighted by molar-refractivity contribution is -0.134. The minimum absolute atomic E-state index is 0.132. The monoisotopic (exact) mass is 384 g/mol. The second-order valence-electron chi connectivity index (χ2n) is 7.91. The molecule has 2 amide bonds. The van der Waals surface area contributed by atoms with Gasteiger partial charge in [-0.3, -0.25) is 14.5 Å². The fourth-order valence-corrected chi connectivity index (χ4v) is 4.59. The van der Waals surface area contributed by atoms with Crippen LogP contribution in [0.5, 0.6) is 0 Å². The average molecular weight is 384 g/mol. The fraction of sp³-hybridized carbons (Fsp3) is 0.600. The quantitative estimate of drug-likeness (QED) is 0.806. The molecule has 0 spiro atoms. The van der Waals surface area contributed by atoms with Crippen molar-refractivity contribution in [2.45, 2.75) is 57.0 Å². The topological polar surface area (TPSA) is 108 Å². The number of nitrogens with zero attached hydrogens (tertiary/aromatic N) is 4. The van der Waals surface area contributed by atoms with Crippen LogP contribution in [0.1, 0.15) is 44.1 Å².